The van der Waals surface area contributed by atoms with Gasteiger partial charge in [0.05, 0.1) is 6.04 Å². The van der Waals surface area contributed by atoms with Crippen LogP contribution in [0.15, 0.2) is 0 Å². The lowest BCUT2D eigenvalue weighted by molar-refractivity contribution is -0.123. The van der Waals surface area contributed by atoms with Gasteiger partial charge < -0.3 is 16.8 Å². The summed E-state index contributed by atoms with van der Waals surface area (Å²) in [6, 6.07) is -0.738. The highest BCUT2D eigenvalue weighted by Gasteiger charge is 2.15. The van der Waals surface area contributed by atoms with E-state index in [0.29, 0.717) is 6.42 Å². The Morgan fingerprint density at radius 1 is 1.43 bits per heavy atom. The van der Waals surface area contributed by atoms with Crippen LogP contribution in [0, 0.1) is 0 Å². The molecule has 5 nitrogen and oxygen atoms in total. The largest absolute Gasteiger partial charge is 0.370 e. The maximum absolute atomic E-state index is 11.3. The number of hydrogen-bond donors (Lipinski definition) is 3. The van der Waals surface area contributed by atoms with E-state index in [1.807, 2.05) is 6.92 Å². The van der Waals surface area contributed by atoms with Crippen LogP contribution >= 0.6 is 0 Å². The molecule has 14 heavy (non-hydrogen) atoms. The summed E-state index contributed by atoms with van der Waals surface area (Å²) in [5, 5.41) is 2.63. The van der Waals surface area contributed by atoms with Crippen LogP contribution in [0.5, 0.6) is 0 Å². The Morgan fingerprint density at radius 3 is 2.43 bits per heavy atom. The van der Waals surface area contributed by atoms with E-state index >= 15 is 0 Å². The average molecular weight is 201 g/mol. The number of rotatable bonds is 6. The van der Waals surface area contributed by atoms with Gasteiger partial charge in [-0.2, -0.15) is 0 Å². The highest BCUT2D eigenvalue weighted by molar-refractivity contribution is 5.82. The van der Waals surface area contributed by atoms with Gasteiger partial charge in [0.1, 0.15) is 0 Å². The summed E-state index contributed by atoms with van der Waals surface area (Å²) in [6.45, 7) is 3.68. The molecule has 2 amide bonds. The number of carbonyl (C=O) groups is 2. The quantitative estimate of drug-likeness (QED) is 0.540. The first-order valence-corrected chi connectivity index (χ1v) is 4.81. The maximum atomic E-state index is 11.3. The first-order valence-electron chi connectivity index (χ1n) is 4.81. The fourth-order valence-corrected chi connectivity index (χ4v) is 1.14. The number of nitrogens with one attached hydrogen (secondary N) is 1. The Labute approximate surface area is 84.2 Å². The zero-order chi connectivity index (χ0) is 11.1. The second-order valence-corrected chi connectivity index (χ2v) is 3.48. The fraction of sp³-hybridized carbons (Fsp3) is 0.778. The van der Waals surface area contributed by atoms with Gasteiger partial charge in [-0.15, -0.1) is 0 Å². The van der Waals surface area contributed by atoms with Crippen molar-refractivity contribution in [1.82, 2.24) is 5.32 Å². The molecule has 1 unspecified atom stereocenters. The van der Waals surface area contributed by atoms with Gasteiger partial charge in [0.25, 0.3) is 0 Å². The lowest BCUT2D eigenvalue weighted by Gasteiger charge is -2.15. The molecule has 0 aliphatic rings. The minimum Gasteiger partial charge on any atom is -0.370 e. The highest BCUT2D eigenvalue weighted by atomic mass is 16.2. The van der Waals surface area contributed by atoms with E-state index in [4.69, 9.17) is 11.5 Å². The molecule has 0 aromatic rings. The second kappa shape index (κ2) is 6.37. The third-order valence-corrected chi connectivity index (χ3v) is 1.83. The van der Waals surface area contributed by atoms with Crippen molar-refractivity contribution >= 4 is 11.8 Å². The van der Waals surface area contributed by atoms with Crippen LogP contribution in [0.1, 0.15) is 33.1 Å². The van der Waals surface area contributed by atoms with E-state index in [2.05, 4.69) is 5.32 Å². The smallest absolute Gasteiger partial charge is 0.237 e. The minimum absolute atomic E-state index is 0.143. The van der Waals surface area contributed by atoms with Crippen molar-refractivity contribution in [3.05, 3.63) is 0 Å². The molecule has 0 saturated heterocycles. The van der Waals surface area contributed by atoms with Crippen LogP contribution in [0.2, 0.25) is 0 Å². The molecular formula is C9H19N3O2. The van der Waals surface area contributed by atoms with Gasteiger partial charge in [0.15, 0.2) is 0 Å². The Kier molecular flexibility index (Phi) is 5.87. The molecule has 0 aliphatic heterocycles. The lowest BCUT2D eigenvalue weighted by Crippen LogP contribution is -2.45. The predicted octanol–water partition coefficient (Wildman–Crippen LogP) is -0.506. The van der Waals surface area contributed by atoms with Crippen LogP contribution in [-0.4, -0.2) is 23.9 Å². The highest BCUT2D eigenvalue weighted by Crippen LogP contribution is 1.95. The topological polar surface area (TPSA) is 98.2 Å². The third-order valence-electron chi connectivity index (χ3n) is 1.83. The van der Waals surface area contributed by atoms with Crippen molar-refractivity contribution in [2.24, 2.45) is 11.5 Å². The molecule has 0 rings (SSSR count). The van der Waals surface area contributed by atoms with Crippen molar-refractivity contribution in [2.45, 2.75) is 45.2 Å². The number of hydrogen-bond acceptors (Lipinski definition) is 3. The maximum Gasteiger partial charge on any atom is 0.237 e. The summed E-state index contributed by atoms with van der Waals surface area (Å²) in [5.41, 5.74) is 10.6. The summed E-state index contributed by atoms with van der Waals surface area (Å²) in [7, 11) is 0. The molecule has 2 atom stereocenters. The molecule has 0 spiro atoms. The SMILES string of the molecule is CCC[C@H](N)C(=O)NC(C)CC(N)=O. The summed E-state index contributed by atoms with van der Waals surface area (Å²) in [5.74, 6) is -0.650. The van der Waals surface area contributed by atoms with E-state index in [0.717, 1.165) is 6.42 Å². The van der Waals surface area contributed by atoms with Crippen LogP contribution in [0.3, 0.4) is 0 Å². The van der Waals surface area contributed by atoms with Gasteiger partial charge in [0.2, 0.25) is 11.8 Å². The first kappa shape index (κ1) is 12.9. The summed E-state index contributed by atoms with van der Waals surface area (Å²) >= 11 is 0. The summed E-state index contributed by atoms with van der Waals surface area (Å²) in [4.78, 5) is 21.9. The number of amides is 2. The number of primary amides is 1. The van der Waals surface area contributed by atoms with Gasteiger partial charge in [0, 0.05) is 12.5 Å². The molecule has 5 N–H and O–H groups in total. The van der Waals surface area contributed by atoms with Crippen molar-refractivity contribution in [2.75, 3.05) is 0 Å². The molecule has 0 aromatic heterocycles. The molecule has 0 fully saturated rings. The molecule has 0 bridgehead atoms. The Hall–Kier alpha value is -1.10. The van der Waals surface area contributed by atoms with Gasteiger partial charge in [-0.3, -0.25) is 9.59 Å². The zero-order valence-corrected chi connectivity index (χ0v) is 8.75. The van der Waals surface area contributed by atoms with Crippen molar-refractivity contribution in [3.8, 4) is 0 Å². The van der Waals surface area contributed by atoms with Gasteiger partial charge in [-0.05, 0) is 13.3 Å². The number of carbonyl (C=O) groups excluding carboxylic acids is 2. The molecule has 0 aromatic carbocycles. The first-order chi connectivity index (χ1) is 6.47. The molecular weight excluding hydrogens is 182 g/mol. The van der Waals surface area contributed by atoms with Gasteiger partial charge >= 0.3 is 0 Å². The normalized spacial score (nSPS) is 14.5. The van der Waals surface area contributed by atoms with Crippen LogP contribution in [0.4, 0.5) is 0 Å². The minimum atomic E-state index is -0.490. The fourth-order valence-electron chi connectivity index (χ4n) is 1.14. The monoisotopic (exact) mass is 201 g/mol. The van der Waals surface area contributed by atoms with Gasteiger partial charge in [-0.25, -0.2) is 0 Å². The molecule has 0 saturated carbocycles. The van der Waals surface area contributed by atoms with Crippen LogP contribution in [0.25, 0.3) is 0 Å². The van der Waals surface area contributed by atoms with E-state index < -0.39 is 11.9 Å². The summed E-state index contributed by atoms with van der Waals surface area (Å²) < 4.78 is 0. The van der Waals surface area contributed by atoms with Gasteiger partial charge in [-0.1, -0.05) is 13.3 Å². The molecule has 5 heteroatoms. The van der Waals surface area contributed by atoms with E-state index in [9.17, 15) is 9.59 Å². The average Bonchev–Trinajstić information content (AvgIpc) is 2.02. The lowest BCUT2D eigenvalue weighted by atomic mass is 10.1. The molecule has 0 radical (unpaired) electrons. The molecule has 0 heterocycles. The second-order valence-electron chi connectivity index (χ2n) is 3.48. The van der Waals surface area contributed by atoms with Crippen molar-refractivity contribution < 1.29 is 9.59 Å². The zero-order valence-electron chi connectivity index (χ0n) is 8.75. The Balaban J connectivity index is 3.86. The predicted molar refractivity (Wildman–Crippen MR) is 54.3 cm³/mol. The van der Waals surface area contributed by atoms with E-state index in [1.54, 1.807) is 6.92 Å². The van der Waals surface area contributed by atoms with E-state index in [-0.39, 0.29) is 18.4 Å². The molecule has 0 aliphatic carbocycles. The Bertz CT molecular complexity index is 206. The molecule has 82 valence electrons. The number of nitrogens with two attached hydrogens (primary N) is 2. The van der Waals surface area contributed by atoms with Crippen molar-refractivity contribution in [1.29, 1.82) is 0 Å². The van der Waals surface area contributed by atoms with Crippen LogP contribution < -0.4 is 16.8 Å². The Morgan fingerprint density at radius 2 is 2.00 bits per heavy atom. The summed E-state index contributed by atoms with van der Waals surface area (Å²) in [6.07, 6.45) is 1.65. The van der Waals surface area contributed by atoms with E-state index in [1.165, 1.54) is 0 Å². The van der Waals surface area contributed by atoms with Crippen LogP contribution in [-0.2, 0) is 9.59 Å². The van der Waals surface area contributed by atoms with Crippen molar-refractivity contribution in [3.63, 3.8) is 0 Å². The standard InChI is InChI=1S/C9H19N3O2/c1-3-4-7(10)9(14)12-6(2)5-8(11)13/h6-7H,3-5,10H2,1-2H3,(H2,11,13)(H,12,14)/t6?,7-/m0/s1. The third kappa shape index (κ3) is 5.53.